The third-order valence-electron chi connectivity index (χ3n) is 2.24. The Bertz CT molecular complexity index is 311. The summed E-state index contributed by atoms with van der Waals surface area (Å²) in [4.78, 5) is 11.5. The molecule has 1 aromatic rings. The standard InChI is InChI=1S/C14H18O/c1-2-3-4-8-11-14(15)12-13-9-6-5-7-10-13/h3-7,9-10H,2,8,11-12H2,1H3/b4-3+. The van der Waals surface area contributed by atoms with Crippen molar-refractivity contribution in [2.24, 2.45) is 0 Å². The lowest BCUT2D eigenvalue weighted by atomic mass is 10.1. The molecule has 0 amide bonds. The molecule has 0 heterocycles. The SMILES string of the molecule is CC/C=C/CCC(=O)Cc1ccccc1. The zero-order chi connectivity index (χ0) is 10.9. The van der Waals surface area contributed by atoms with Crippen molar-refractivity contribution in [3.63, 3.8) is 0 Å². The Morgan fingerprint density at radius 1 is 1.20 bits per heavy atom. The average molecular weight is 202 g/mol. The van der Waals surface area contributed by atoms with Crippen molar-refractivity contribution < 1.29 is 4.79 Å². The molecule has 0 unspecified atom stereocenters. The first-order chi connectivity index (χ1) is 7.33. The molecule has 0 saturated carbocycles. The van der Waals surface area contributed by atoms with E-state index in [1.807, 2.05) is 30.3 Å². The van der Waals surface area contributed by atoms with Crippen molar-refractivity contribution in [3.05, 3.63) is 48.0 Å². The van der Waals surface area contributed by atoms with Gasteiger partial charge in [0.15, 0.2) is 0 Å². The molecule has 0 aliphatic carbocycles. The van der Waals surface area contributed by atoms with Crippen molar-refractivity contribution in [2.75, 3.05) is 0 Å². The fraction of sp³-hybridized carbons (Fsp3) is 0.357. The van der Waals surface area contributed by atoms with Crippen LogP contribution in [0, 0.1) is 0 Å². The number of carbonyl (C=O) groups is 1. The first kappa shape index (κ1) is 11.7. The van der Waals surface area contributed by atoms with Gasteiger partial charge >= 0.3 is 0 Å². The molecular weight excluding hydrogens is 184 g/mol. The Kier molecular flexibility index (Phi) is 5.46. The Labute approximate surface area is 91.8 Å². The number of carbonyl (C=O) groups excluding carboxylic acids is 1. The molecule has 1 nitrogen and oxygen atoms in total. The van der Waals surface area contributed by atoms with Gasteiger partial charge < -0.3 is 0 Å². The van der Waals surface area contributed by atoms with E-state index < -0.39 is 0 Å². The minimum absolute atomic E-state index is 0.321. The number of ketones is 1. The monoisotopic (exact) mass is 202 g/mol. The van der Waals surface area contributed by atoms with E-state index in [1.165, 1.54) is 0 Å². The highest BCUT2D eigenvalue weighted by molar-refractivity contribution is 5.80. The lowest BCUT2D eigenvalue weighted by molar-refractivity contribution is -0.118. The molecule has 1 heteroatoms. The van der Waals surface area contributed by atoms with Crippen LogP contribution in [0.2, 0.25) is 0 Å². The number of hydrogen-bond acceptors (Lipinski definition) is 1. The van der Waals surface area contributed by atoms with Crippen LogP contribution in [0.25, 0.3) is 0 Å². The molecule has 0 aromatic heterocycles. The van der Waals surface area contributed by atoms with E-state index in [1.54, 1.807) is 0 Å². The summed E-state index contributed by atoms with van der Waals surface area (Å²) in [5.74, 6) is 0.321. The van der Waals surface area contributed by atoms with Gasteiger partial charge in [0.05, 0.1) is 0 Å². The molecule has 0 atom stereocenters. The predicted octanol–water partition coefficient (Wildman–Crippen LogP) is 3.54. The van der Waals surface area contributed by atoms with E-state index >= 15 is 0 Å². The summed E-state index contributed by atoms with van der Waals surface area (Å²) in [6, 6.07) is 9.91. The Hall–Kier alpha value is -1.37. The van der Waals surface area contributed by atoms with Crippen LogP contribution >= 0.6 is 0 Å². The Morgan fingerprint density at radius 3 is 2.60 bits per heavy atom. The minimum Gasteiger partial charge on any atom is -0.299 e. The molecule has 0 radical (unpaired) electrons. The maximum Gasteiger partial charge on any atom is 0.137 e. The second-order valence-electron chi connectivity index (χ2n) is 3.62. The molecule has 0 fully saturated rings. The quantitative estimate of drug-likeness (QED) is 0.645. The maximum absolute atomic E-state index is 11.5. The van der Waals surface area contributed by atoms with Crippen LogP contribution in [0.1, 0.15) is 31.7 Å². The van der Waals surface area contributed by atoms with E-state index in [-0.39, 0.29) is 0 Å². The van der Waals surface area contributed by atoms with E-state index in [0.29, 0.717) is 18.6 Å². The molecule has 0 saturated heterocycles. The Balaban J connectivity index is 2.28. The lowest BCUT2D eigenvalue weighted by Gasteiger charge is -1.98. The lowest BCUT2D eigenvalue weighted by Crippen LogP contribution is -2.01. The van der Waals surface area contributed by atoms with Crippen LogP contribution in [0.5, 0.6) is 0 Å². The second kappa shape index (κ2) is 6.99. The normalized spacial score (nSPS) is 10.7. The van der Waals surface area contributed by atoms with E-state index in [2.05, 4.69) is 19.1 Å². The summed E-state index contributed by atoms with van der Waals surface area (Å²) in [5.41, 5.74) is 1.11. The van der Waals surface area contributed by atoms with Crippen molar-refractivity contribution in [2.45, 2.75) is 32.6 Å². The summed E-state index contributed by atoms with van der Waals surface area (Å²) in [6.07, 6.45) is 7.34. The number of rotatable bonds is 6. The number of Topliss-reactive ketones (excluding diaryl/α,β-unsaturated/α-hetero) is 1. The van der Waals surface area contributed by atoms with Gasteiger partial charge in [-0.15, -0.1) is 0 Å². The number of allylic oxidation sites excluding steroid dienone is 2. The third kappa shape index (κ3) is 5.16. The van der Waals surface area contributed by atoms with E-state index in [0.717, 1.165) is 18.4 Å². The summed E-state index contributed by atoms with van der Waals surface area (Å²) in [5, 5.41) is 0. The molecule has 15 heavy (non-hydrogen) atoms. The summed E-state index contributed by atoms with van der Waals surface area (Å²) in [6.45, 7) is 2.10. The first-order valence-corrected chi connectivity index (χ1v) is 5.53. The van der Waals surface area contributed by atoms with Gasteiger partial charge in [-0.25, -0.2) is 0 Å². The van der Waals surface area contributed by atoms with Gasteiger partial charge in [-0.2, -0.15) is 0 Å². The molecule has 80 valence electrons. The average Bonchev–Trinajstić information content (AvgIpc) is 2.26. The molecule has 0 aliphatic rings. The van der Waals surface area contributed by atoms with Crippen molar-refractivity contribution in [1.82, 2.24) is 0 Å². The summed E-state index contributed by atoms with van der Waals surface area (Å²) in [7, 11) is 0. The molecular formula is C14H18O. The van der Waals surface area contributed by atoms with Crippen LogP contribution in [0.4, 0.5) is 0 Å². The fourth-order valence-electron chi connectivity index (χ4n) is 1.44. The van der Waals surface area contributed by atoms with Gasteiger partial charge in [-0.3, -0.25) is 4.79 Å². The Morgan fingerprint density at radius 2 is 1.93 bits per heavy atom. The summed E-state index contributed by atoms with van der Waals surface area (Å²) < 4.78 is 0. The predicted molar refractivity (Wildman–Crippen MR) is 63.8 cm³/mol. The highest BCUT2D eigenvalue weighted by atomic mass is 16.1. The third-order valence-corrected chi connectivity index (χ3v) is 2.24. The van der Waals surface area contributed by atoms with Crippen molar-refractivity contribution in [1.29, 1.82) is 0 Å². The van der Waals surface area contributed by atoms with Crippen molar-refractivity contribution in [3.8, 4) is 0 Å². The maximum atomic E-state index is 11.5. The van der Waals surface area contributed by atoms with Gasteiger partial charge in [-0.05, 0) is 18.4 Å². The van der Waals surface area contributed by atoms with Gasteiger partial charge in [0, 0.05) is 12.8 Å². The van der Waals surface area contributed by atoms with Crippen LogP contribution in [-0.4, -0.2) is 5.78 Å². The smallest absolute Gasteiger partial charge is 0.137 e. The topological polar surface area (TPSA) is 17.1 Å². The fourth-order valence-corrected chi connectivity index (χ4v) is 1.44. The molecule has 0 N–H and O–H groups in total. The van der Waals surface area contributed by atoms with Gasteiger partial charge in [0.25, 0.3) is 0 Å². The van der Waals surface area contributed by atoms with Crippen LogP contribution in [0.3, 0.4) is 0 Å². The van der Waals surface area contributed by atoms with Gasteiger partial charge in [0.1, 0.15) is 5.78 Å². The highest BCUT2D eigenvalue weighted by Gasteiger charge is 2.01. The minimum atomic E-state index is 0.321. The van der Waals surface area contributed by atoms with E-state index in [4.69, 9.17) is 0 Å². The van der Waals surface area contributed by atoms with Crippen LogP contribution in [0.15, 0.2) is 42.5 Å². The molecule has 0 aliphatic heterocycles. The largest absolute Gasteiger partial charge is 0.299 e. The zero-order valence-electron chi connectivity index (χ0n) is 9.28. The number of hydrogen-bond donors (Lipinski definition) is 0. The number of benzene rings is 1. The molecule has 1 aromatic carbocycles. The summed E-state index contributed by atoms with van der Waals surface area (Å²) >= 11 is 0. The van der Waals surface area contributed by atoms with Crippen molar-refractivity contribution >= 4 is 5.78 Å². The van der Waals surface area contributed by atoms with Gasteiger partial charge in [-0.1, -0.05) is 49.4 Å². The molecule has 0 bridgehead atoms. The van der Waals surface area contributed by atoms with Gasteiger partial charge in [0.2, 0.25) is 0 Å². The van der Waals surface area contributed by atoms with Crippen LogP contribution in [-0.2, 0) is 11.2 Å². The molecule has 0 spiro atoms. The van der Waals surface area contributed by atoms with Crippen LogP contribution < -0.4 is 0 Å². The molecule has 1 rings (SSSR count). The second-order valence-corrected chi connectivity index (χ2v) is 3.62. The van der Waals surface area contributed by atoms with E-state index in [9.17, 15) is 4.79 Å². The first-order valence-electron chi connectivity index (χ1n) is 5.53. The highest BCUT2D eigenvalue weighted by Crippen LogP contribution is 2.03. The zero-order valence-corrected chi connectivity index (χ0v) is 9.28.